The van der Waals surface area contributed by atoms with Crippen molar-refractivity contribution in [1.29, 1.82) is 0 Å². The number of aromatic carboxylic acids is 1. The molecule has 174 valence electrons. The molecular formula is C21H22F5N3O3. The quantitative estimate of drug-likeness (QED) is 0.590. The van der Waals surface area contributed by atoms with E-state index in [1.807, 2.05) is 0 Å². The lowest BCUT2D eigenvalue weighted by atomic mass is 9.87. The van der Waals surface area contributed by atoms with Crippen LogP contribution in [0.15, 0.2) is 36.7 Å². The van der Waals surface area contributed by atoms with E-state index in [1.54, 1.807) is 4.90 Å². The van der Waals surface area contributed by atoms with Gasteiger partial charge < -0.3 is 14.7 Å². The zero-order chi connectivity index (χ0) is 23.5. The molecule has 1 aromatic carbocycles. The molecule has 0 unspecified atom stereocenters. The van der Waals surface area contributed by atoms with E-state index in [9.17, 15) is 26.7 Å². The molecule has 0 amide bonds. The minimum absolute atomic E-state index is 0.129. The van der Waals surface area contributed by atoms with E-state index in [2.05, 4.69) is 9.97 Å². The van der Waals surface area contributed by atoms with Crippen LogP contribution in [0, 0.1) is 0 Å². The smallest absolute Gasteiger partial charge is 0.416 e. The van der Waals surface area contributed by atoms with Crippen LogP contribution in [0.1, 0.15) is 53.6 Å². The first-order valence-corrected chi connectivity index (χ1v) is 10.0. The Kier molecular flexibility index (Phi) is 6.97. The lowest BCUT2D eigenvalue weighted by molar-refractivity contribution is -0.242. The first-order chi connectivity index (χ1) is 15.0. The zero-order valence-electron chi connectivity index (χ0n) is 17.1. The van der Waals surface area contributed by atoms with Crippen molar-refractivity contribution in [3.8, 4) is 0 Å². The molecule has 1 N–H and O–H groups in total. The highest BCUT2D eigenvalue weighted by Crippen LogP contribution is 2.35. The Labute approximate surface area is 181 Å². The van der Waals surface area contributed by atoms with Crippen molar-refractivity contribution in [2.75, 3.05) is 18.1 Å². The topological polar surface area (TPSA) is 75.5 Å². The molecule has 1 aliphatic rings. The number of hydrogen-bond donors (Lipinski definition) is 1. The third-order valence-electron chi connectivity index (χ3n) is 5.46. The lowest BCUT2D eigenvalue weighted by Gasteiger charge is -2.40. The molecule has 2 atom stereocenters. The SMILES string of the molecule is CCC(F)(F)OC[C@@H]1CC[C@@H](c2ccc(C(F)(F)F)cc2)CN1c1ncc(C(=O)O)cn1. The maximum atomic E-state index is 13.6. The van der Waals surface area contributed by atoms with E-state index >= 15 is 0 Å². The highest BCUT2D eigenvalue weighted by molar-refractivity contribution is 5.86. The number of rotatable bonds is 7. The van der Waals surface area contributed by atoms with Crippen molar-refractivity contribution < 1.29 is 36.6 Å². The molecule has 0 aliphatic carbocycles. The van der Waals surface area contributed by atoms with Crippen molar-refractivity contribution in [3.05, 3.63) is 53.3 Å². The van der Waals surface area contributed by atoms with E-state index in [0.29, 0.717) is 18.4 Å². The predicted octanol–water partition coefficient (Wildman–Crippen LogP) is 4.97. The summed E-state index contributed by atoms with van der Waals surface area (Å²) in [6.07, 6.45) is -5.03. The maximum Gasteiger partial charge on any atom is 0.416 e. The Hall–Kier alpha value is -2.82. The number of carboxylic acid groups (broad SMARTS) is 1. The Balaban J connectivity index is 1.83. The Morgan fingerprint density at radius 2 is 1.75 bits per heavy atom. The molecule has 0 saturated carbocycles. The van der Waals surface area contributed by atoms with Crippen molar-refractivity contribution in [2.24, 2.45) is 0 Å². The van der Waals surface area contributed by atoms with Gasteiger partial charge in [-0.05, 0) is 30.5 Å². The molecule has 0 bridgehead atoms. The first-order valence-electron chi connectivity index (χ1n) is 10.0. The van der Waals surface area contributed by atoms with Crippen LogP contribution in [0.25, 0.3) is 0 Å². The minimum atomic E-state index is -4.44. The molecule has 0 spiro atoms. The summed E-state index contributed by atoms with van der Waals surface area (Å²) in [6, 6.07) is 4.32. The number of carboxylic acids is 1. The number of carbonyl (C=O) groups is 1. The summed E-state index contributed by atoms with van der Waals surface area (Å²) in [5.41, 5.74) is -0.214. The number of alkyl halides is 5. The van der Waals surface area contributed by atoms with Gasteiger partial charge in [0.15, 0.2) is 0 Å². The summed E-state index contributed by atoms with van der Waals surface area (Å²) in [5.74, 6) is -1.26. The van der Waals surface area contributed by atoms with Crippen LogP contribution in [0.2, 0.25) is 0 Å². The average Bonchev–Trinajstić information content (AvgIpc) is 2.77. The van der Waals surface area contributed by atoms with Crippen LogP contribution in [-0.4, -0.2) is 46.3 Å². The highest BCUT2D eigenvalue weighted by Gasteiger charge is 2.35. The van der Waals surface area contributed by atoms with E-state index in [0.717, 1.165) is 24.5 Å². The van der Waals surface area contributed by atoms with Crippen molar-refractivity contribution >= 4 is 11.9 Å². The normalized spacial score (nSPS) is 19.8. The van der Waals surface area contributed by atoms with E-state index in [4.69, 9.17) is 9.84 Å². The Morgan fingerprint density at radius 1 is 1.12 bits per heavy atom. The van der Waals surface area contributed by atoms with E-state index in [1.165, 1.54) is 19.1 Å². The van der Waals surface area contributed by atoms with Crippen LogP contribution in [-0.2, 0) is 10.9 Å². The van der Waals surface area contributed by atoms with E-state index in [-0.39, 0.29) is 30.6 Å². The molecule has 1 saturated heterocycles. The van der Waals surface area contributed by atoms with Gasteiger partial charge in [0.2, 0.25) is 5.95 Å². The van der Waals surface area contributed by atoms with Crippen molar-refractivity contribution in [2.45, 2.75) is 50.4 Å². The largest absolute Gasteiger partial charge is 0.478 e. The summed E-state index contributed by atoms with van der Waals surface area (Å²) in [5, 5.41) is 9.03. The fraction of sp³-hybridized carbons (Fsp3) is 0.476. The fourth-order valence-corrected chi connectivity index (χ4v) is 3.56. The van der Waals surface area contributed by atoms with Gasteiger partial charge in [-0.3, -0.25) is 0 Å². The fourth-order valence-electron chi connectivity index (χ4n) is 3.56. The van der Waals surface area contributed by atoms with Gasteiger partial charge in [0.1, 0.15) is 0 Å². The molecule has 3 rings (SSSR count). The third kappa shape index (κ3) is 5.70. The molecule has 2 aromatic rings. The second-order valence-corrected chi connectivity index (χ2v) is 7.58. The van der Waals surface area contributed by atoms with Gasteiger partial charge in [-0.15, -0.1) is 0 Å². The maximum absolute atomic E-state index is 13.6. The van der Waals surface area contributed by atoms with Gasteiger partial charge in [0.05, 0.1) is 23.8 Å². The predicted molar refractivity (Wildman–Crippen MR) is 105 cm³/mol. The molecule has 1 fully saturated rings. The van der Waals surface area contributed by atoms with E-state index < -0.39 is 36.3 Å². The Morgan fingerprint density at radius 3 is 2.28 bits per heavy atom. The second kappa shape index (κ2) is 9.35. The van der Waals surface area contributed by atoms with Crippen LogP contribution in [0.5, 0.6) is 0 Å². The standard InChI is InChI=1S/C21H22F5N3O3/c1-2-20(22,23)32-12-17-8-5-14(13-3-6-16(7-4-13)21(24,25)26)11-29(17)19-27-9-15(10-28-19)18(30)31/h3-4,6-7,9-10,14,17H,2,5,8,11-12H2,1H3,(H,30,31)/t14-,17+/m1/s1. The molecule has 1 aromatic heterocycles. The van der Waals surface area contributed by atoms with Crippen LogP contribution in [0.4, 0.5) is 27.9 Å². The Bertz CT molecular complexity index is 920. The van der Waals surface area contributed by atoms with Crippen LogP contribution < -0.4 is 4.90 Å². The molecule has 6 nitrogen and oxygen atoms in total. The summed E-state index contributed by atoms with van der Waals surface area (Å²) < 4.78 is 70.6. The number of benzene rings is 1. The van der Waals surface area contributed by atoms with Gasteiger partial charge in [-0.1, -0.05) is 19.1 Å². The summed E-state index contributed by atoms with van der Waals surface area (Å²) in [4.78, 5) is 20.8. The van der Waals surface area contributed by atoms with Crippen LogP contribution >= 0.6 is 0 Å². The number of nitrogens with zero attached hydrogens (tertiary/aromatic N) is 3. The van der Waals surface area contributed by atoms with Gasteiger partial charge in [0, 0.05) is 31.3 Å². The summed E-state index contributed by atoms with van der Waals surface area (Å²) >= 11 is 0. The second-order valence-electron chi connectivity index (χ2n) is 7.58. The molecule has 32 heavy (non-hydrogen) atoms. The van der Waals surface area contributed by atoms with Gasteiger partial charge in [-0.2, -0.15) is 22.0 Å². The number of ether oxygens (including phenoxy) is 1. The number of aromatic nitrogens is 2. The zero-order valence-corrected chi connectivity index (χ0v) is 17.1. The third-order valence-corrected chi connectivity index (χ3v) is 5.46. The average molecular weight is 459 g/mol. The summed E-state index contributed by atoms with van der Waals surface area (Å²) in [7, 11) is 0. The lowest BCUT2D eigenvalue weighted by Crippen LogP contribution is -2.47. The minimum Gasteiger partial charge on any atom is -0.478 e. The number of hydrogen-bond acceptors (Lipinski definition) is 5. The molecule has 11 heteroatoms. The molecule has 1 aliphatic heterocycles. The van der Waals surface area contributed by atoms with Crippen LogP contribution in [0.3, 0.4) is 0 Å². The van der Waals surface area contributed by atoms with Gasteiger partial charge in [-0.25, -0.2) is 14.8 Å². The highest BCUT2D eigenvalue weighted by atomic mass is 19.4. The number of halogens is 5. The van der Waals surface area contributed by atoms with Gasteiger partial charge >= 0.3 is 18.3 Å². The summed E-state index contributed by atoms with van der Waals surface area (Å²) in [6.45, 7) is 1.25. The van der Waals surface area contributed by atoms with Crippen molar-refractivity contribution in [1.82, 2.24) is 9.97 Å². The molecule has 0 radical (unpaired) electrons. The monoisotopic (exact) mass is 459 g/mol. The number of piperidine rings is 1. The van der Waals surface area contributed by atoms with Gasteiger partial charge in [0.25, 0.3) is 0 Å². The number of anilines is 1. The molecular weight excluding hydrogens is 437 g/mol. The van der Waals surface area contributed by atoms with Crippen molar-refractivity contribution in [3.63, 3.8) is 0 Å². The first kappa shape index (κ1) is 23.8. The molecule has 2 heterocycles.